The summed E-state index contributed by atoms with van der Waals surface area (Å²) in [7, 11) is 0. The summed E-state index contributed by atoms with van der Waals surface area (Å²) in [6.45, 7) is 1.75. The second kappa shape index (κ2) is 3.66. The maximum atomic E-state index is 14.0. The maximum Gasteiger partial charge on any atom is 0.133 e. The minimum absolute atomic E-state index is 0.201. The number of pyridine rings is 1. The Morgan fingerprint density at radius 1 is 1.24 bits per heavy atom. The number of aryl methyl sites for hydroxylation is 1. The van der Waals surface area contributed by atoms with Gasteiger partial charge in [0.05, 0.1) is 11.7 Å². The SMILES string of the molecule is Cc1cccc(-c2cnc3cn[nH]c3c2)c1F. The van der Waals surface area contributed by atoms with Crippen LogP contribution in [0.4, 0.5) is 4.39 Å². The smallest absolute Gasteiger partial charge is 0.133 e. The molecule has 0 amide bonds. The Morgan fingerprint density at radius 3 is 3.00 bits per heavy atom. The molecule has 1 aromatic carbocycles. The summed E-state index contributed by atoms with van der Waals surface area (Å²) in [5.74, 6) is -0.201. The summed E-state index contributed by atoms with van der Waals surface area (Å²) >= 11 is 0. The van der Waals surface area contributed by atoms with Gasteiger partial charge in [-0.1, -0.05) is 18.2 Å². The second-order valence-electron chi connectivity index (χ2n) is 3.96. The first-order chi connectivity index (χ1) is 8.25. The van der Waals surface area contributed by atoms with Crippen LogP contribution in [0.3, 0.4) is 0 Å². The summed E-state index contributed by atoms with van der Waals surface area (Å²) in [6.07, 6.45) is 3.31. The number of aromatic nitrogens is 3. The lowest BCUT2D eigenvalue weighted by molar-refractivity contribution is 0.622. The zero-order valence-electron chi connectivity index (χ0n) is 9.24. The average molecular weight is 227 g/mol. The lowest BCUT2D eigenvalue weighted by atomic mass is 10.0. The summed E-state index contributed by atoms with van der Waals surface area (Å²) < 4.78 is 14.0. The number of halogens is 1. The molecule has 0 aliphatic carbocycles. The van der Waals surface area contributed by atoms with Crippen molar-refractivity contribution in [1.82, 2.24) is 15.2 Å². The van der Waals surface area contributed by atoms with E-state index in [1.54, 1.807) is 31.5 Å². The highest BCUT2D eigenvalue weighted by atomic mass is 19.1. The van der Waals surface area contributed by atoms with Gasteiger partial charge >= 0.3 is 0 Å². The van der Waals surface area contributed by atoms with Crippen LogP contribution in [0, 0.1) is 12.7 Å². The van der Waals surface area contributed by atoms with Crippen molar-refractivity contribution in [3.05, 3.63) is 48.0 Å². The van der Waals surface area contributed by atoms with Gasteiger partial charge in [-0.3, -0.25) is 10.1 Å². The molecular formula is C13H10FN3. The zero-order chi connectivity index (χ0) is 11.8. The lowest BCUT2D eigenvalue weighted by Crippen LogP contribution is -1.89. The number of nitrogens with one attached hydrogen (secondary N) is 1. The first-order valence-corrected chi connectivity index (χ1v) is 5.30. The molecule has 3 rings (SSSR count). The quantitative estimate of drug-likeness (QED) is 0.694. The summed E-state index contributed by atoms with van der Waals surface area (Å²) in [4.78, 5) is 4.23. The molecule has 1 N–H and O–H groups in total. The van der Waals surface area contributed by atoms with Gasteiger partial charge in [-0.05, 0) is 18.6 Å². The van der Waals surface area contributed by atoms with E-state index in [0.717, 1.165) is 16.6 Å². The maximum absolute atomic E-state index is 14.0. The van der Waals surface area contributed by atoms with Crippen molar-refractivity contribution in [2.75, 3.05) is 0 Å². The molecule has 3 aromatic rings. The highest BCUT2D eigenvalue weighted by Gasteiger charge is 2.08. The van der Waals surface area contributed by atoms with Gasteiger partial charge in [-0.15, -0.1) is 0 Å². The molecule has 17 heavy (non-hydrogen) atoms. The zero-order valence-corrected chi connectivity index (χ0v) is 9.24. The number of H-pyrrole nitrogens is 1. The van der Waals surface area contributed by atoms with Gasteiger partial charge < -0.3 is 0 Å². The van der Waals surface area contributed by atoms with E-state index in [1.165, 1.54) is 0 Å². The first-order valence-electron chi connectivity index (χ1n) is 5.30. The molecule has 3 nitrogen and oxygen atoms in total. The molecule has 84 valence electrons. The average Bonchev–Trinajstić information content (AvgIpc) is 2.79. The van der Waals surface area contributed by atoms with Crippen molar-refractivity contribution in [2.24, 2.45) is 0 Å². The second-order valence-corrected chi connectivity index (χ2v) is 3.96. The third-order valence-electron chi connectivity index (χ3n) is 2.79. The van der Waals surface area contributed by atoms with E-state index in [4.69, 9.17) is 0 Å². The lowest BCUT2D eigenvalue weighted by Gasteiger charge is -2.05. The molecule has 2 heterocycles. The predicted octanol–water partition coefficient (Wildman–Crippen LogP) is 3.07. The number of hydrogen-bond donors (Lipinski definition) is 1. The number of nitrogens with zero attached hydrogens (tertiary/aromatic N) is 2. The molecule has 0 spiro atoms. The van der Waals surface area contributed by atoms with Gasteiger partial charge in [-0.25, -0.2) is 4.39 Å². The molecule has 0 unspecified atom stereocenters. The van der Waals surface area contributed by atoms with Crippen LogP contribution in [0.2, 0.25) is 0 Å². The highest BCUT2D eigenvalue weighted by Crippen LogP contribution is 2.25. The van der Waals surface area contributed by atoms with Gasteiger partial charge in [0, 0.05) is 17.3 Å². The number of aromatic amines is 1. The minimum Gasteiger partial charge on any atom is -0.276 e. The van der Waals surface area contributed by atoms with Gasteiger partial charge in [-0.2, -0.15) is 5.10 Å². The van der Waals surface area contributed by atoms with Crippen LogP contribution in [0.5, 0.6) is 0 Å². The molecule has 4 heteroatoms. The molecule has 0 fully saturated rings. The van der Waals surface area contributed by atoms with Crippen LogP contribution < -0.4 is 0 Å². The number of hydrogen-bond acceptors (Lipinski definition) is 2. The Morgan fingerprint density at radius 2 is 2.12 bits per heavy atom. The van der Waals surface area contributed by atoms with Crippen molar-refractivity contribution in [3.63, 3.8) is 0 Å². The molecule has 0 aliphatic rings. The Bertz CT molecular complexity index is 688. The van der Waals surface area contributed by atoms with Gasteiger partial charge in [0.1, 0.15) is 11.3 Å². The topological polar surface area (TPSA) is 41.6 Å². The van der Waals surface area contributed by atoms with Gasteiger partial charge in [0.25, 0.3) is 0 Å². The molecule has 0 aliphatic heterocycles. The minimum atomic E-state index is -0.201. The predicted molar refractivity (Wildman–Crippen MR) is 64.0 cm³/mol. The van der Waals surface area contributed by atoms with Gasteiger partial charge in [0.15, 0.2) is 0 Å². The fraction of sp³-hybridized carbons (Fsp3) is 0.0769. The normalized spacial score (nSPS) is 10.9. The fourth-order valence-electron chi connectivity index (χ4n) is 1.85. The number of fused-ring (bicyclic) bond motifs is 1. The monoisotopic (exact) mass is 227 g/mol. The van der Waals surface area contributed by atoms with Crippen LogP contribution in [-0.2, 0) is 0 Å². The van der Waals surface area contributed by atoms with Gasteiger partial charge in [0.2, 0.25) is 0 Å². The van der Waals surface area contributed by atoms with Crippen LogP contribution in [0.25, 0.3) is 22.2 Å². The first kappa shape index (κ1) is 9.96. The van der Waals surface area contributed by atoms with Crippen LogP contribution in [-0.4, -0.2) is 15.2 Å². The number of benzene rings is 1. The molecule has 0 radical (unpaired) electrons. The van der Waals surface area contributed by atoms with E-state index in [1.807, 2.05) is 12.1 Å². The Kier molecular flexibility index (Phi) is 2.14. The summed E-state index contributed by atoms with van der Waals surface area (Å²) in [6, 6.07) is 7.20. The van der Waals surface area contributed by atoms with Crippen LogP contribution in [0.15, 0.2) is 36.7 Å². The van der Waals surface area contributed by atoms with E-state index in [-0.39, 0.29) is 5.82 Å². The molecule has 0 bridgehead atoms. The van der Waals surface area contributed by atoms with Crippen molar-refractivity contribution >= 4 is 11.0 Å². The third-order valence-corrected chi connectivity index (χ3v) is 2.79. The van der Waals surface area contributed by atoms with E-state index < -0.39 is 0 Å². The molecule has 2 aromatic heterocycles. The molecule has 0 saturated carbocycles. The van der Waals surface area contributed by atoms with Crippen molar-refractivity contribution in [1.29, 1.82) is 0 Å². The summed E-state index contributed by atoms with van der Waals surface area (Å²) in [5.41, 5.74) is 3.54. The molecule has 0 atom stereocenters. The van der Waals surface area contributed by atoms with E-state index in [2.05, 4.69) is 15.2 Å². The standard InChI is InChI=1S/C13H10FN3/c1-8-3-2-4-10(13(8)14)9-5-11-12(15-6-9)7-16-17-11/h2-7H,1H3,(H,16,17). The Hall–Kier alpha value is -2.23. The van der Waals surface area contributed by atoms with Crippen LogP contribution in [0.1, 0.15) is 5.56 Å². The van der Waals surface area contributed by atoms with Crippen LogP contribution >= 0.6 is 0 Å². The van der Waals surface area contributed by atoms with Crippen molar-refractivity contribution in [2.45, 2.75) is 6.92 Å². The van der Waals surface area contributed by atoms with Crippen molar-refractivity contribution in [3.8, 4) is 11.1 Å². The fourth-order valence-corrected chi connectivity index (χ4v) is 1.85. The Labute approximate surface area is 97.3 Å². The molecular weight excluding hydrogens is 217 g/mol. The largest absolute Gasteiger partial charge is 0.276 e. The third kappa shape index (κ3) is 1.58. The van der Waals surface area contributed by atoms with E-state index in [0.29, 0.717) is 11.1 Å². The van der Waals surface area contributed by atoms with E-state index >= 15 is 0 Å². The van der Waals surface area contributed by atoms with E-state index in [9.17, 15) is 4.39 Å². The summed E-state index contributed by atoms with van der Waals surface area (Å²) in [5, 5.41) is 6.72. The Balaban J connectivity index is 2.23. The highest BCUT2D eigenvalue weighted by molar-refractivity contribution is 5.79. The molecule has 0 saturated heterocycles. The number of rotatable bonds is 1. The van der Waals surface area contributed by atoms with Crippen molar-refractivity contribution < 1.29 is 4.39 Å².